The van der Waals surface area contributed by atoms with Crippen LogP contribution in [0.3, 0.4) is 0 Å². The van der Waals surface area contributed by atoms with Crippen LogP contribution in [-0.4, -0.2) is 50.1 Å². The van der Waals surface area contributed by atoms with E-state index in [1.54, 1.807) is 18.2 Å². The Kier molecular flexibility index (Phi) is 4.82. The normalized spacial score (nSPS) is 17.1. The van der Waals surface area contributed by atoms with Crippen molar-refractivity contribution in [3.8, 4) is 5.75 Å². The van der Waals surface area contributed by atoms with Gasteiger partial charge in [-0.2, -0.15) is 8.78 Å². The van der Waals surface area contributed by atoms with E-state index < -0.39 is 27.9 Å². The second-order valence-corrected chi connectivity index (χ2v) is 7.13. The molecule has 140 valence electrons. The molecule has 10 heteroatoms. The molecule has 1 aliphatic rings. The lowest BCUT2D eigenvalue weighted by Gasteiger charge is -2.19. The van der Waals surface area contributed by atoms with E-state index in [2.05, 4.69) is 4.74 Å². The Bertz CT molecular complexity index is 939. The van der Waals surface area contributed by atoms with Crippen LogP contribution in [0.25, 0.3) is 10.8 Å². The van der Waals surface area contributed by atoms with Crippen molar-refractivity contribution in [2.75, 3.05) is 19.8 Å². The minimum atomic E-state index is -5.93. The molecule has 0 amide bonds. The summed E-state index contributed by atoms with van der Waals surface area (Å²) in [6.45, 7) is -0.906. The lowest BCUT2D eigenvalue weighted by molar-refractivity contribution is -0.00983. The zero-order valence-corrected chi connectivity index (χ0v) is 14.0. The Hall–Kier alpha value is -2.30. The van der Waals surface area contributed by atoms with Gasteiger partial charge in [-0.3, -0.25) is 0 Å². The molecule has 1 unspecified atom stereocenters. The number of benzene rings is 2. The third kappa shape index (κ3) is 4.09. The fraction of sp³-hybridized carbons (Fsp3) is 0.312. The standard InChI is InChI=1S/C16H14F2O7S/c17-16(18,26(20,21)22)9-25-15(19)13-3-1-2-10-4-5-11(6-14(10)13)23-7-12-8-24-12/h1-6,12H,7-9H2,(H,20,21,22)/p-1. The van der Waals surface area contributed by atoms with Gasteiger partial charge in [-0.25, -0.2) is 13.2 Å². The summed E-state index contributed by atoms with van der Waals surface area (Å²) in [4.78, 5) is 12.1. The van der Waals surface area contributed by atoms with Crippen molar-refractivity contribution in [1.29, 1.82) is 0 Å². The Morgan fingerprint density at radius 2 is 2.04 bits per heavy atom. The van der Waals surface area contributed by atoms with Crippen molar-refractivity contribution >= 4 is 26.9 Å². The fourth-order valence-corrected chi connectivity index (χ4v) is 2.38. The summed E-state index contributed by atoms with van der Waals surface area (Å²) in [5.41, 5.74) is -0.0604. The molecule has 1 fully saturated rings. The summed E-state index contributed by atoms with van der Waals surface area (Å²) in [5, 5.41) is -3.70. The quantitative estimate of drug-likeness (QED) is 0.406. The SMILES string of the molecule is O=C(OCC(F)(F)S(=O)(=O)[O-])c1cccc2ccc(OCC3CO3)cc12. The Balaban J connectivity index is 1.81. The van der Waals surface area contributed by atoms with Gasteiger partial charge in [-0.05, 0) is 29.0 Å². The van der Waals surface area contributed by atoms with E-state index in [9.17, 15) is 26.5 Å². The number of halogens is 2. The molecule has 0 radical (unpaired) electrons. The number of esters is 1. The molecule has 7 nitrogen and oxygen atoms in total. The summed E-state index contributed by atoms with van der Waals surface area (Å²) in [5.74, 6) is -0.734. The van der Waals surface area contributed by atoms with Crippen molar-refractivity contribution in [3.63, 3.8) is 0 Å². The maximum Gasteiger partial charge on any atom is 0.367 e. The summed E-state index contributed by atoms with van der Waals surface area (Å²) >= 11 is 0. The van der Waals surface area contributed by atoms with Crippen LogP contribution in [0.1, 0.15) is 10.4 Å². The molecule has 1 atom stereocenters. The van der Waals surface area contributed by atoms with E-state index in [4.69, 9.17) is 9.47 Å². The average molecular weight is 387 g/mol. The molecular formula is C16H13F2O7S-. The minimum Gasteiger partial charge on any atom is -0.743 e. The van der Waals surface area contributed by atoms with Crippen molar-refractivity contribution < 1.29 is 40.8 Å². The Morgan fingerprint density at radius 3 is 2.69 bits per heavy atom. The highest BCUT2D eigenvalue weighted by Crippen LogP contribution is 2.27. The number of rotatable bonds is 7. The molecule has 0 saturated carbocycles. The van der Waals surface area contributed by atoms with E-state index in [1.807, 2.05) is 0 Å². The molecule has 1 saturated heterocycles. The number of epoxide rings is 1. The zero-order valence-electron chi connectivity index (χ0n) is 13.2. The second-order valence-electron chi connectivity index (χ2n) is 5.62. The predicted octanol–water partition coefficient (Wildman–Crippen LogP) is 1.91. The van der Waals surface area contributed by atoms with E-state index in [0.717, 1.165) is 0 Å². The highest BCUT2D eigenvalue weighted by molar-refractivity contribution is 7.86. The van der Waals surface area contributed by atoms with Crippen molar-refractivity contribution in [3.05, 3.63) is 42.0 Å². The summed E-state index contributed by atoms with van der Waals surface area (Å²) < 4.78 is 72.6. The number of carbonyl (C=O) groups is 1. The number of alkyl halides is 2. The summed E-state index contributed by atoms with van der Waals surface area (Å²) in [6, 6.07) is 9.43. The lowest BCUT2D eigenvalue weighted by atomic mass is 10.0. The first-order chi connectivity index (χ1) is 12.2. The molecule has 0 spiro atoms. The highest BCUT2D eigenvalue weighted by Gasteiger charge is 2.39. The van der Waals surface area contributed by atoms with Crippen LogP contribution in [0.2, 0.25) is 0 Å². The molecule has 26 heavy (non-hydrogen) atoms. The molecule has 0 bridgehead atoms. The molecule has 0 N–H and O–H groups in total. The van der Waals surface area contributed by atoms with Gasteiger partial charge in [-0.1, -0.05) is 18.2 Å². The topological polar surface area (TPSA) is 105 Å². The lowest BCUT2D eigenvalue weighted by Crippen LogP contribution is -2.34. The minimum absolute atomic E-state index is 0.0298. The molecule has 2 aromatic rings. The smallest absolute Gasteiger partial charge is 0.367 e. The van der Waals surface area contributed by atoms with E-state index in [1.165, 1.54) is 18.2 Å². The third-order valence-corrected chi connectivity index (χ3v) is 4.50. The number of hydrogen-bond acceptors (Lipinski definition) is 7. The maximum atomic E-state index is 13.2. The van der Waals surface area contributed by atoms with Crippen LogP contribution in [0, 0.1) is 0 Å². The van der Waals surface area contributed by atoms with Crippen LogP contribution >= 0.6 is 0 Å². The molecule has 3 rings (SSSR count). The van der Waals surface area contributed by atoms with Crippen LogP contribution in [0.4, 0.5) is 8.78 Å². The average Bonchev–Trinajstić information content (AvgIpc) is 3.40. The molecule has 1 heterocycles. The van der Waals surface area contributed by atoms with Gasteiger partial charge >= 0.3 is 11.2 Å². The summed E-state index contributed by atoms with van der Waals surface area (Å²) in [7, 11) is -5.93. The van der Waals surface area contributed by atoms with Gasteiger partial charge in [0.1, 0.15) is 18.5 Å². The molecular weight excluding hydrogens is 374 g/mol. The second kappa shape index (κ2) is 6.78. The molecule has 0 aliphatic carbocycles. The van der Waals surface area contributed by atoms with Crippen LogP contribution in [-0.2, 0) is 19.6 Å². The van der Waals surface area contributed by atoms with Gasteiger partial charge < -0.3 is 18.8 Å². The van der Waals surface area contributed by atoms with Gasteiger partial charge in [0, 0.05) is 0 Å². The highest BCUT2D eigenvalue weighted by atomic mass is 32.2. The molecule has 1 aliphatic heterocycles. The summed E-state index contributed by atoms with van der Waals surface area (Å²) in [6.07, 6.45) is 0.0298. The maximum absolute atomic E-state index is 13.2. The van der Waals surface area contributed by atoms with Crippen molar-refractivity contribution in [2.45, 2.75) is 11.4 Å². The largest absolute Gasteiger partial charge is 0.743 e. The van der Waals surface area contributed by atoms with Crippen molar-refractivity contribution in [1.82, 2.24) is 0 Å². The number of ether oxygens (including phenoxy) is 3. The molecule has 2 aromatic carbocycles. The number of hydrogen-bond donors (Lipinski definition) is 0. The number of fused-ring (bicyclic) bond motifs is 1. The van der Waals surface area contributed by atoms with E-state index in [-0.39, 0.29) is 11.7 Å². The van der Waals surface area contributed by atoms with Gasteiger partial charge in [0.15, 0.2) is 16.7 Å². The van der Waals surface area contributed by atoms with Crippen LogP contribution < -0.4 is 4.74 Å². The van der Waals surface area contributed by atoms with E-state index >= 15 is 0 Å². The van der Waals surface area contributed by atoms with E-state index in [0.29, 0.717) is 29.7 Å². The monoisotopic (exact) mass is 387 g/mol. The van der Waals surface area contributed by atoms with Gasteiger partial charge in [-0.15, -0.1) is 0 Å². The Labute approximate surface area is 147 Å². The van der Waals surface area contributed by atoms with Gasteiger partial charge in [0.05, 0.1) is 12.2 Å². The van der Waals surface area contributed by atoms with Crippen LogP contribution in [0.5, 0.6) is 5.75 Å². The molecule has 0 aromatic heterocycles. The fourth-order valence-electron chi connectivity index (χ4n) is 2.17. The van der Waals surface area contributed by atoms with Gasteiger partial charge in [0.2, 0.25) is 0 Å². The van der Waals surface area contributed by atoms with Crippen LogP contribution in [0.15, 0.2) is 36.4 Å². The zero-order chi connectivity index (χ0) is 18.9. The third-order valence-electron chi connectivity index (χ3n) is 3.65. The Morgan fingerprint density at radius 1 is 1.31 bits per heavy atom. The van der Waals surface area contributed by atoms with Gasteiger partial charge in [0.25, 0.3) is 0 Å². The first kappa shape index (κ1) is 18.5. The first-order valence-electron chi connectivity index (χ1n) is 7.45. The van der Waals surface area contributed by atoms with Crippen molar-refractivity contribution in [2.24, 2.45) is 0 Å². The number of carbonyl (C=O) groups excluding carboxylic acids is 1. The predicted molar refractivity (Wildman–Crippen MR) is 84.1 cm³/mol. The first-order valence-corrected chi connectivity index (χ1v) is 8.86.